The fraction of sp³-hybridized carbons (Fsp3) is 0.0500. The predicted octanol–water partition coefficient (Wildman–Crippen LogP) is 10.2. The van der Waals surface area contributed by atoms with Gasteiger partial charge in [-0.3, -0.25) is 0 Å². The first kappa shape index (κ1) is 25.2. The smallest absolute Gasteiger partial charge is 0.160 e. The van der Waals surface area contributed by atoms with E-state index in [2.05, 4.69) is 144 Å². The lowest BCUT2D eigenvalue weighted by Gasteiger charge is -2.16. The van der Waals surface area contributed by atoms with Gasteiger partial charge in [0.05, 0.1) is 22.4 Å². The second-order valence-electron chi connectivity index (χ2n) is 11.0. The van der Waals surface area contributed by atoms with Crippen molar-refractivity contribution < 1.29 is 0 Å². The van der Waals surface area contributed by atoms with Crippen LogP contribution in [0.4, 0.5) is 0 Å². The van der Waals surface area contributed by atoms with Crippen molar-refractivity contribution in [2.75, 3.05) is 0 Å². The molecule has 3 heteroatoms. The van der Waals surface area contributed by atoms with Crippen molar-refractivity contribution in [2.45, 2.75) is 12.3 Å². The molecule has 1 aliphatic carbocycles. The third kappa shape index (κ3) is 4.65. The van der Waals surface area contributed by atoms with E-state index < -0.39 is 0 Å². The van der Waals surface area contributed by atoms with Crippen molar-refractivity contribution in [3.05, 3.63) is 163 Å². The zero-order valence-electron chi connectivity index (χ0n) is 23.6. The van der Waals surface area contributed by atoms with E-state index in [1.54, 1.807) is 0 Å². The third-order valence-electron chi connectivity index (χ3n) is 8.34. The van der Waals surface area contributed by atoms with E-state index in [9.17, 15) is 0 Å². The normalized spacial score (nSPS) is 14.5. The number of para-hydroxylation sites is 2. The summed E-state index contributed by atoms with van der Waals surface area (Å²) >= 11 is 0. The first-order valence-electron chi connectivity index (χ1n) is 14.8. The lowest BCUT2D eigenvalue weighted by molar-refractivity contribution is 0.811. The Morgan fingerprint density at radius 1 is 0.535 bits per heavy atom. The summed E-state index contributed by atoms with van der Waals surface area (Å²) in [6.07, 6.45) is 9.60. The van der Waals surface area contributed by atoms with E-state index in [0.29, 0.717) is 0 Å². The van der Waals surface area contributed by atoms with E-state index in [1.165, 1.54) is 27.4 Å². The molecule has 0 fully saturated rings. The summed E-state index contributed by atoms with van der Waals surface area (Å²) in [5.41, 5.74) is 10.0. The molecule has 2 heterocycles. The van der Waals surface area contributed by atoms with Gasteiger partial charge in [-0.1, -0.05) is 121 Å². The molecule has 0 saturated carbocycles. The number of fused-ring (bicyclic) bond motifs is 3. The van der Waals surface area contributed by atoms with Crippen LogP contribution in [0.15, 0.2) is 158 Å². The second-order valence-corrected chi connectivity index (χ2v) is 11.0. The minimum Gasteiger partial charge on any atom is -0.309 e. The van der Waals surface area contributed by atoms with Crippen LogP contribution in [0.25, 0.3) is 61.3 Å². The minimum atomic E-state index is 0.241. The Hall–Kier alpha value is -5.54. The third-order valence-corrected chi connectivity index (χ3v) is 8.34. The summed E-state index contributed by atoms with van der Waals surface area (Å²) in [5.74, 6) is 1.00. The van der Waals surface area contributed by atoms with Crippen LogP contribution in [0.1, 0.15) is 18.0 Å². The molecule has 0 N–H and O–H groups in total. The lowest BCUT2D eigenvalue weighted by atomic mass is 9.95. The topological polar surface area (TPSA) is 30.7 Å². The van der Waals surface area contributed by atoms with E-state index >= 15 is 0 Å². The Labute approximate surface area is 251 Å². The maximum atomic E-state index is 5.05. The summed E-state index contributed by atoms with van der Waals surface area (Å²) in [5, 5.41) is 2.54. The Bertz CT molecular complexity index is 2100. The molecule has 43 heavy (non-hydrogen) atoms. The van der Waals surface area contributed by atoms with Crippen LogP contribution in [0.3, 0.4) is 0 Å². The second kappa shape index (κ2) is 10.7. The quantitative estimate of drug-likeness (QED) is 0.213. The van der Waals surface area contributed by atoms with Crippen molar-refractivity contribution >= 4 is 21.8 Å². The van der Waals surface area contributed by atoms with Crippen LogP contribution in [-0.4, -0.2) is 14.5 Å². The van der Waals surface area contributed by atoms with Crippen molar-refractivity contribution in [1.82, 2.24) is 14.5 Å². The molecule has 204 valence electrons. The van der Waals surface area contributed by atoms with E-state index in [4.69, 9.17) is 9.97 Å². The summed E-state index contributed by atoms with van der Waals surface area (Å²) in [6.45, 7) is 0. The van der Waals surface area contributed by atoms with Gasteiger partial charge in [-0.25, -0.2) is 9.97 Å². The monoisotopic (exact) mass is 551 g/mol. The molecule has 0 aliphatic heterocycles. The molecule has 2 aromatic heterocycles. The summed E-state index contributed by atoms with van der Waals surface area (Å²) in [4.78, 5) is 10.1. The average Bonchev–Trinajstić information content (AvgIpc) is 3.43. The van der Waals surface area contributed by atoms with Gasteiger partial charge in [-0.05, 0) is 53.9 Å². The number of rotatable bonds is 5. The fourth-order valence-electron chi connectivity index (χ4n) is 6.18. The van der Waals surface area contributed by atoms with Gasteiger partial charge in [-0.15, -0.1) is 0 Å². The molecule has 0 bridgehead atoms. The van der Waals surface area contributed by atoms with Crippen LogP contribution in [0, 0.1) is 0 Å². The van der Waals surface area contributed by atoms with E-state index in [0.717, 1.165) is 46.0 Å². The van der Waals surface area contributed by atoms with Crippen molar-refractivity contribution in [1.29, 1.82) is 0 Å². The Kier molecular flexibility index (Phi) is 6.27. The van der Waals surface area contributed by atoms with E-state index in [-0.39, 0.29) is 5.92 Å². The molecule has 1 atom stereocenters. The number of benzene rings is 5. The van der Waals surface area contributed by atoms with Gasteiger partial charge in [0, 0.05) is 33.5 Å². The summed E-state index contributed by atoms with van der Waals surface area (Å²) in [6, 6.07) is 47.3. The summed E-state index contributed by atoms with van der Waals surface area (Å²) < 4.78 is 2.35. The maximum Gasteiger partial charge on any atom is 0.160 e. The Morgan fingerprint density at radius 2 is 1.21 bits per heavy atom. The van der Waals surface area contributed by atoms with Crippen LogP contribution in [0.5, 0.6) is 0 Å². The van der Waals surface area contributed by atoms with E-state index in [1.807, 2.05) is 18.2 Å². The molecule has 0 amide bonds. The highest BCUT2D eigenvalue weighted by Gasteiger charge is 2.16. The van der Waals surface area contributed by atoms with Gasteiger partial charge in [0.1, 0.15) is 0 Å². The molecule has 8 rings (SSSR count). The molecular formula is C40H29N3. The van der Waals surface area contributed by atoms with Gasteiger partial charge in [0.15, 0.2) is 5.82 Å². The zero-order chi connectivity index (χ0) is 28.6. The zero-order valence-corrected chi connectivity index (χ0v) is 23.6. The highest BCUT2D eigenvalue weighted by atomic mass is 15.0. The number of nitrogens with zero attached hydrogens (tertiary/aromatic N) is 3. The van der Waals surface area contributed by atoms with Crippen molar-refractivity contribution in [2.24, 2.45) is 0 Å². The maximum absolute atomic E-state index is 5.05. The molecule has 1 unspecified atom stereocenters. The standard InChI is InChI=1S/C40H29N3/c1-3-12-29(13-4-1)36-27-37(42-40(41-36)30-14-5-2-6-15-30)32-17-11-16-31(26-32)28-22-24-33(25-23-28)43-38-20-9-7-18-34(38)35-19-8-10-21-39(35)43/h1-12,14-27,29H,13H2. The molecule has 5 aromatic carbocycles. The summed E-state index contributed by atoms with van der Waals surface area (Å²) in [7, 11) is 0. The lowest BCUT2D eigenvalue weighted by Crippen LogP contribution is -2.04. The number of aromatic nitrogens is 3. The number of hydrogen-bond donors (Lipinski definition) is 0. The minimum absolute atomic E-state index is 0.241. The van der Waals surface area contributed by atoms with Crippen molar-refractivity contribution in [3.8, 4) is 39.5 Å². The number of allylic oxidation sites excluding steroid dienone is 4. The highest BCUT2D eigenvalue weighted by Crippen LogP contribution is 2.34. The average molecular weight is 552 g/mol. The Morgan fingerprint density at radius 3 is 1.93 bits per heavy atom. The molecule has 0 radical (unpaired) electrons. The molecular weight excluding hydrogens is 522 g/mol. The van der Waals surface area contributed by atoms with Crippen LogP contribution in [0.2, 0.25) is 0 Å². The van der Waals surface area contributed by atoms with Crippen LogP contribution in [-0.2, 0) is 0 Å². The predicted molar refractivity (Wildman–Crippen MR) is 178 cm³/mol. The molecule has 3 nitrogen and oxygen atoms in total. The first-order chi connectivity index (χ1) is 21.3. The first-order valence-corrected chi connectivity index (χ1v) is 14.8. The Balaban J connectivity index is 1.18. The SMILES string of the molecule is C1=CCC(c2cc(-c3cccc(-c4ccc(-n5c6ccccc6c6ccccc65)cc4)c3)nc(-c3ccccc3)n2)C=C1. The molecule has 1 aliphatic rings. The molecule has 0 spiro atoms. The number of hydrogen-bond acceptors (Lipinski definition) is 2. The van der Waals surface area contributed by atoms with Crippen molar-refractivity contribution in [3.63, 3.8) is 0 Å². The van der Waals surface area contributed by atoms with Gasteiger partial charge in [0.2, 0.25) is 0 Å². The van der Waals surface area contributed by atoms with Crippen LogP contribution < -0.4 is 0 Å². The largest absolute Gasteiger partial charge is 0.309 e. The van der Waals surface area contributed by atoms with Crippen LogP contribution >= 0.6 is 0 Å². The van der Waals surface area contributed by atoms with Gasteiger partial charge < -0.3 is 4.57 Å². The van der Waals surface area contributed by atoms with Gasteiger partial charge >= 0.3 is 0 Å². The van der Waals surface area contributed by atoms with Gasteiger partial charge in [0.25, 0.3) is 0 Å². The van der Waals surface area contributed by atoms with Gasteiger partial charge in [-0.2, -0.15) is 0 Å². The molecule has 0 saturated heterocycles. The molecule has 7 aromatic rings. The highest BCUT2D eigenvalue weighted by molar-refractivity contribution is 6.09. The fourth-order valence-corrected chi connectivity index (χ4v) is 6.18.